The quantitative estimate of drug-likeness (QED) is 0.131. The van der Waals surface area contributed by atoms with E-state index in [1.165, 1.54) is 76.3 Å². The zero-order valence-corrected chi connectivity index (χ0v) is 33.7. The summed E-state index contributed by atoms with van der Waals surface area (Å²) < 4.78 is 0. The number of rotatable bonds is 4. The second kappa shape index (κ2) is 13.7. The minimum Gasteiger partial charge on any atom is -0.248 e. The van der Waals surface area contributed by atoms with Gasteiger partial charge in [0.2, 0.25) is 0 Å². The summed E-state index contributed by atoms with van der Waals surface area (Å²) in [5, 5.41) is 15.6. The van der Waals surface area contributed by atoms with Crippen molar-refractivity contribution in [1.29, 1.82) is 0 Å². The first-order chi connectivity index (χ1) is 30.7. The molecule has 0 unspecified atom stereocenters. The highest BCUT2D eigenvalue weighted by Gasteiger charge is 2.20. The lowest BCUT2D eigenvalue weighted by Crippen LogP contribution is -1.95. The third-order valence-electron chi connectivity index (χ3n) is 13.0. The highest BCUT2D eigenvalue weighted by molar-refractivity contribution is 6.22. The Morgan fingerprint density at radius 2 is 0.661 bits per heavy atom. The third kappa shape index (κ3) is 5.30. The molecule has 0 atom stereocenters. The monoisotopic (exact) mass is 784 g/mol. The maximum absolute atomic E-state index is 5.70. The molecule has 13 aromatic rings. The number of aromatic nitrogens is 2. The van der Waals surface area contributed by atoms with Crippen LogP contribution in [0.2, 0.25) is 0 Å². The lowest BCUT2D eigenvalue weighted by molar-refractivity contribution is 1.42. The van der Waals surface area contributed by atoms with Crippen LogP contribution < -0.4 is 0 Å². The summed E-state index contributed by atoms with van der Waals surface area (Å²) in [7, 11) is 0. The average molecular weight is 785 g/mol. The molecule has 0 bridgehead atoms. The van der Waals surface area contributed by atoms with Crippen LogP contribution in [0.4, 0.5) is 0 Å². The van der Waals surface area contributed by atoms with Gasteiger partial charge in [-0.1, -0.05) is 182 Å². The molecule has 2 heteroatoms. The number of benzene rings is 11. The average Bonchev–Trinajstić information content (AvgIpc) is 3.34. The SMILES string of the molecule is c1ccc2c(c1)cc(-c1cc(-c3cc4ccccc4c4ccccc34)c3cc(-c4ccc(-c5c6ccccc6nc6ccccc56)cc4)c4ccccc4c3n1)c1ccccc12. The van der Waals surface area contributed by atoms with Gasteiger partial charge in [0, 0.05) is 32.7 Å². The van der Waals surface area contributed by atoms with Gasteiger partial charge in [-0.3, -0.25) is 0 Å². The molecule has 0 aliphatic heterocycles. The number of para-hydroxylation sites is 2. The maximum Gasteiger partial charge on any atom is 0.0794 e. The Balaban J connectivity index is 1.11. The van der Waals surface area contributed by atoms with Crippen LogP contribution in [0.5, 0.6) is 0 Å². The van der Waals surface area contributed by atoms with Crippen molar-refractivity contribution in [2.24, 2.45) is 0 Å². The summed E-state index contributed by atoms with van der Waals surface area (Å²) in [5.74, 6) is 0. The Morgan fingerprint density at radius 1 is 0.242 bits per heavy atom. The van der Waals surface area contributed by atoms with E-state index >= 15 is 0 Å². The lowest BCUT2D eigenvalue weighted by atomic mass is 9.87. The molecule has 13 rings (SSSR count). The van der Waals surface area contributed by atoms with E-state index in [2.05, 4.69) is 218 Å². The Kier molecular flexibility index (Phi) is 7.64. The van der Waals surface area contributed by atoms with Gasteiger partial charge in [-0.15, -0.1) is 0 Å². The van der Waals surface area contributed by atoms with E-state index < -0.39 is 0 Å². The lowest BCUT2D eigenvalue weighted by Gasteiger charge is -2.19. The Morgan fingerprint density at radius 3 is 1.26 bits per heavy atom. The maximum atomic E-state index is 5.70. The molecule has 0 radical (unpaired) electrons. The van der Waals surface area contributed by atoms with E-state index in [4.69, 9.17) is 9.97 Å². The number of nitrogens with zero attached hydrogens (tertiary/aromatic N) is 2. The molecular formula is C60H36N2. The first kappa shape index (κ1) is 34.6. The standard InChI is InChI=1S/C60H36N2/c1-3-17-41-39(15-1)33-52(45-21-7-5-19-43(41)45)53-36-58(54-34-40-16-2-4-18-42(40)44-20-6-8-22-46(44)54)62-60-48-24-10-9-23-47(48)51(35-55(53)60)37-29-31-38(32-30-37)59-49-25-11-13-27-56(49)61-57-28-14-12-26-50(57)59/h1-36H. The highest BCUT2D eigenvalue weighted by Crippen LogP contribution is 2.45. The van der Waals surface area contributed by atoms with Gasteiger partial charge in [-0.2, -0.15) is 0 Å². The van der Waals surface area contributed by atoms with Gasteiger partial charge < -0.3 is 0 Å². The number of fused-ring (bicyclic) bond motifs is 11. The van der Waals surface area contributed by atoms with Crippen molar-refractivity contribution in [1.82, 2.24) is 9.97 Å². The summed E-state index contributed by atoms with van der Waals surface area (Å²) in [5.41, 5.74) is 12.2. The fourth-order valence-corrected chi connectivity index (χ4v) is 10.2. The largest absolute Gasteiger partial charge is 0.248 e. The topological polar surface area (TPSA) is 25.8 Å². The van der Waals surface area contributed by atoms with E-state index in [1.807, 2.05) is 0 Å². The molecule has 0 fully saturated rings. The summed E-state index contributed by atoms with van der Waals surface area (Å²) in [4.78, 5) is 10.7. The van der Waals surface area contributed by atoms with Crippen LogP contribution in [0, 0.1) is 0 Å². The van der Waals surface area contributed by atoms with Crippen molar-refractivity contribution < 1.29 is 0 Å². The summed E-state index contributed by atoms with van der Waals surface area (Å²) >= 11 is 0. The molecule has 0 amide bonds. The van der Waals surface area contributed by atoms with E-state index in [0.717, 1.165) is 54.9 Å². The van der Waals surface area contributed by atoms with Gasteiger partial charge in [0.15, 0.2) is 0 Å². The number of hydrogen-bond acceptors (Lipinski definition) is 2. The van der Waals surface area contributed by atoms with Gasteiger partial charge in [0.25, 0.3) is 0 Å². The second-order valence-corrected chi connectivity index (χ2v) is 16.4. The predicted octanol–water partition coefficient (Wildman–Crippen LogP) is 16.4. The second-order valence-electron chi connectivity index (χ2n) is 16.4. The molecular weight excluding hydrogens is 749 g/mol. The van der Waals surface area contributed by atoms with Crippen molar-refractivity contribution in [3.63, 3.8) is 0 Å². The Labute approximate surface area is 358 Å². The Bertz CT molecular complexity index is 3920. The molecule has 0 aliphatic carbocycles. The number of pyridine rings is 2. The first-order valence-corrected chi connectivity index (χ1v) is 21.3. The molecule has 0 saturated heterocycles. The van der Waals surface area contributed by atoms with Crippen LogP contribution in [-0.4, -0.2) is 9.97 Å². The van der Waals surface area contributed by atoms with Gasteiger partial charge in [-0.25, -0.2) is 9.97 Å². The van der Waals surface area contributed by atoms with E-state index in [0.29, 0.717) is 0 Å². The first-order valence-electron chi connectivity index (χ1n) is 21.3. The molecule has 0 aliphatic rings. The van der Waals surface area contributed by atoms with Crippen molar-refractivity contribution in [2.75, 3.05) is 0 Å². The molecule has 0 spiro atoms. The van der Waals surface area contributed by atoms with E-state index in [-0.39, 0.29) is 0 Å². The van der Waals surface area contributed by atoms with Crippen LogP contribution in [0.15, 0.2) is 218 Å². The molecule has 286 valence electrons. The van der Waals surface area contributed by atoms with Crippen LogP contribution in [0.25, 0.3) is 131 Å². The van der Waals surface area contributed by atoms with Gasteiger partial charge in [0.05, 0.1) is 22.2 Å². The molecule has 0 N–H and O–H groups in total. The van der Waals surface area contributed by atoms with E-state index in [9.17, 15) is 0 Å². The molecule has 2 aromatic heterocycles. The van der Waals surface area contributed by atoms with Gasteiger partial charge in [-0.05, 0) is 113 Å². The highest BCUT2D eigenvalue weighted by atomic mass is 14.7. The number of hydrogen-bond donors (Lipinski definition) is 0. The molecule has 2 nitrogen and oxygen atoms in total. The third-order valence-corrected chi connectivity index (χ3v) is 13.0. The summed E-state index contributed by atoms with van der Waals surface area (Å²) in [6.07, 6.45) is 0. The minimum atomic E-state index is 0.964. The molecule has 11 aromatic carbocycles. The zero-order chi connectivity index (χ0) is 40.7. The molecule has 62 heavy (non-hydrogen) atoms. The van der Waals surface area contributed by atoms with Crippen LogP contribution >= 0.6 is 0 Å². The summed E-state index contributed by atoms with van der Waals surface area (Å²) in [6, 6.07) is 79.5. The van der Waals surface area contributed by atoms with Crippen molar-refractivity contribution in [2.45, 2.75) is 0 Å². The fourth-order valence-electron chi connectivity index (χ4n) is 10.2. The predicted molar refractivity (Wildman–Crippen MR) is 264 cm³/mol. The van der Waals surface area contributed by atoms with Crippen LogP contribution in [0.1, 0.15) is 0 Å². The Hall–Kier alpha value is -8.20. The van der Waals surface area contributed by atoms with Crippen molar-refractivity contribution in [3.05, 3.63) is 218 Å². The molecule has 2 heterocycles. The van der Waals surface area contributed by atoms with Crippen molar-refractivity contribution >= 4 is 86.6 Å². The fraction of sp³-hybridized carbons (Fsp3) is 0. The summed E-state index contributed by atoms with van der Waals surface area (Å²) in [6.45, 7) is 0. The van der Waals surface area contributed by atoms with E-state index in [1.54, 1.807) is 0 Å². The normalized spacial score (nSPS) is 11.9. The van der Waals surface area contributed by atoms with Crippen LogP contribution in [-0.2, 0) is 0 Å². The zero-order valence-electron chi connectivity index (χ0n) is 33.7. The van der Waals surface area contributed by atoms with Crippen molar-refractivity contribution in [3.8, 4) is 44.6 Å². The van der Waals surface area contributed by atoms with Gasteiger partial charge >= 0.3 is 0 Å². The molecule has 0 saturated carbocycles. The smallest absolute Gasteiger partial charge is 0.0794 e. The minimum absolute atomic E-state index is 0.964. The van der Waals surface area contributed by atoms with Gasteiger partial charge in [0.1, 0.15) is 0 Å². The van der Waals surface area contributed by atoms with Crippen LogP contribution in [0.3, 0.4) is 0 Å².